The molecule has 3 rings (SSSR count). The number of fused-ring (bicyclic) bond motifs is 1. The first-order chi connectivity index (χ1) is 9.63. The van der Waals surface area contributed by atoms with E-state index in [0.717, 1.165) is 43.9 Å². The number of aromatic carboxylic acids is 1. The molecule has 6 heteroatoms. The van der Waals surface area contributed by atoms with Gasteiger partial charge in [-0.2, -0.15) is 0 Å². The molecule has 1 fully saturated rings. The van der Waals surface area contributed by atoms with Crippen LogP contribution in [-0.2, 0) is 6.54 Å². The Hall–Kier alpha value is -1.92. The molecule has 0 atom stereocenters. The summed E-state index contributed by atoms with van der Waals surface area (Å²) in [5, 5.41) is 9.04. The molecule has 0 spiro atoms. The number of carbonyl (C=O) groups is 1. The van der Waals surface area contributed by atoms with Crippen LogP contribution in [0.15, 0.2) is 24.5 Å². The average Bonchev–Trinajstić information content (AvgIpc) is 2.87. The first kappa shape index (κ1) is 13.1. The minimum absolute atomic E-state index is 0.0934. The van der Waals surface area contributed by atoms with Crippen molar-refractivity contribution in [3.63, 3.8) is 0 Å². The predicted molar refractivity (Wildman–Crippen MR) is 74.9 cm³/mol. The second-order valence-corrected chi connectivity index (χ2v) is 5.28. The Morgan fingerprint density at radius 3 is 2.80 bits per heavy atom. The van der Waals surface area contributed by atoms with Crippen molar-refractivity contribution in [1.29, 1.82) is 0 Å². The van der Waals surface area contributed by atoms with E-state index in [1.807, 2.05) is 18.3 Å². The lowest BCUT2D eigenvalue weighted by molar-refractivity contribution is 0.0691. The number of hydrogen-bond acceptors (Lipinski definition) is 4. The summed E-state index contributed by atoms with van der Waals surface area (Å²) in [5.41, 5.74) is 1.91. The van der Waals surface area contributed by atoms with E-state index >= 15 is 0 Å². The Morgan fingerprint density at radius 1 is 1.35 bits per heavy atom. The summed E-state index contributed by atoms with van der Waals surface area (Å²) in [6.45, 7) is 5.01. The zero-order chi connectivity index (χ0) is 14.1. The van der Waals surface area contributed by atoms with E-state index in [-0.39, 0.29) is 5.69 Å². The van der Waals surface area contributed by atoms with Crippen LogP contribution in [0.5, 0.6) is 0 Å². The normalized spacial score (nSPS) is 17.6. The third-order valence-electron chi connectivity index (χ3n) is 3.77. The number of aromatic nitrogens is 2. The Morgan fingerprint density at radius 2 is 2.10 bits per heavy atom. The first-order valence-electron chi connectivity index (χ1n) is 6.74. The lowest BCUT2D eigenvalue weighted by Crippen LogP contribution is -2.43. The molecular formula is C14H18N4O2. The van der Waals surface area contributed by atoms with Crippen molar-refractivity contribution >= 4 is 11.6 Å². The molecule has 3 heterocycles. The molecule has 0 saturated carbocycles. The molecule has 1 N–H and O–H groups in total. The molecule has 1 aliphatic heterocycles. The molecule has 0 amide bonds. The van der Waals surface area contributed by atoms with Crippen LogP contribution in [0, 0.1) is 0 Å². The van der Waals surface area contributed by atoms with Gasteiger partial charge < -0.3 is 14.4 Å². The zero-order valence-electron chi connectivity index (χ0n) is 11.5. The van der Waals surface area contributed by atoms with Crippen LogP contribution in [0.2, 0.25) is 0 Å². The van der Waals surface area contributed by atoms with Gasteiger partial charge in [0.1, 0.15) is 5.65 Å². The molecule has 1 saturated heterocycles. The van der Waals surface area contributed by atoms with E-state index in [9.17, 15) is 4.79 Å². The molecule has 20 heavy (non-hydrogen) atoms. The first-order valence-corrected chi connectivity index (χ1v) is 6.74. The standard InChI is InChI=1S/C14H18N4O2/c1-16-5-7-17(8-6-16)9-11-3-2-4-18-10-12(14(19)20)15-13(11)18/h2-4,10H,5-9H2,1H3,(H,19,20). The van der Waals surface area contributed by atoms with Crippen molar-refractivity contribution in [2.75, 3.05) is 33.2 Å². The van der Waals surface area contributed by atoms with Crippen LogP contribution in [0.25, 0.3) is 5.65 Å². The number of likely N-dealkylation sites (N-methyl/N-ethyl adjacent to an activating group) is 1. The summed E-state index contributed by atoms with van der Waals surface area (Å²) in [6.07, 6.45) is 3.40. The number of hydrogen-bond donors (Lipinski definition) is 1. The van der Waals surface area contributed by atoms with Crippen molar-refractivity contribution in [2.45, 2.75) is 6.54 Å². The Labute approximate surface area is 117 Å². The average molecular weight is 274 g/mol. The summed E-state index contributed by atoms with van der Waals surface area (Å²) in [4.78, 5) is 19.9. The minimum Gasteiger partial charge on any atom is -0.476 e. The SMILES string of the molecule is CN1CCN(Cc2cccn3cc(C(=O)O)nc23)CC1. The van der Waals surface area contributed by atoms with Gasteiger partial charge >= 0.3 is 5.97 Å². The van der Waals surface area contributed by atoms with Crippen LogP contribution < -0.4 is 0 Å². The molecule has 2 aromatic rings. The third kappa shape index (κ3) is 2.52. The summed E-state index contributed by atoms with van der Waals surface area (Å²) in [5.74, 6) is -0.987. The molecule has 0 bridgehead atoms. The van der Waals surface area contributed by atoms with Gasteiger partial charge in [-0.15, -0.1) is 0 Å². The fraction of sp³-hybridized carbons (Fsp3) is 0.429. The second kappa shape index (κ2) is 5.22. The van der Waals surface area contributed by atoms with Gasteiger partial charge in [0.25, 0.3) is 0 Å². The maximum absolute atomic E-state index is 11.0. The highest BCUT2D eigenvalue weighted by Crippen LogP contribution is 2.14. The number of carboxylic acids is 1. The van der Waals surface area contributed by atoms with Crippen LogP contribution in [0.1, 0.15) is 16.1 Å². The Bertz CT molecular complexity index is 629. The smallest absolute Gasteiger partial charge is 0.356 e. The third-order valence-corrected chi connectivity index (χ3v) is 3.77. The van der Waals surface area contributed by atoms with Gasteiger partial charge in [0, 0.05) is 50.7 Å². The maximum Gasteiger partial charge on any atom is 0.356 e. The van der Waals surface area contributed by atoms with E-state index in [1.54, 1.807) is 10.6 Å². The van der Waals surface area contributed by atoms with E-state index in [4.69, 9.17) is 5.11 Å². The van der Waals surface area contributed by atoms with Crippen LogP contribution >= 0.6 is 0 Å². The number of piperazine rings is 1. The summed E-state index contributed by atoms with van der Waals surface area (Å²) in [6, 6.07) is 3.96. The molecule has 0 unspecified atom stereocenters. The molecule has 0 aromatic carbocycles. The molecule has 0 aliphatic carbocycles. The lowest BCUT2D eigenvalue weighted by Gasteiger charge is -2.32. The van der Waals surface area contributed by atoms with E-state index < -0.39 is 5.97 Å². The number of rotatable bonds is 3. The van der Waals surface area contributed by atoms with E-state index in [2.05, 4.69) is 21.8 Å². The maximum atomic E-state index is 11.0. The monoisotopic (exact) mass is 274 g/mol. The summed E-state index contributed by atoms with van der Waals surface area (Å²) in [7, 11) is 2.13. The van der Waals surface area contributed by atoms with Crippen molar-refractivity contribution in [3.05, 3.63) is 35.8 Å². The quantitative estimate of drug-likeness (QED) is 0.896. The molecular weight excluding hydrogens is 256 g/mol. The topological polar surface area (TPSA) is 61.1 Å². The molecule has 6 nitrogen and oxygen atoms in total. The number of nitrogens with zero attached hydrogens (tertiary/aromatic N) is 4. The Kier molecular flexibility index (Phi) is 3.42. The van der Waals surface area contributed by atoms with Gasteiger partial charge in [-0.1, -0.05) is 6.07 Å². The minimum atomic E-state index is -0.987. The van der Waals surface area contributed by atoms with Gasteiger partial charge in [-0.3, -0.25) is 4.90 Å². The van der Waals surface area contributed by atoms with Crippen LogP contribution in [0.3, 0.4) is 0 Å². The van der Waals surface area contributed by atoms with Crippen molar-refractivity contribution < 1.29 is 9.90 Å². The van der Waals surface area contributed by atoms with Gasteiger partial charge in [0.05, 0.1) is 0 Å². The number of imidazole rings is 1. The fourth-order valence-electron chi connectivity index (χ4n) is 2.54. The van der Waals surface area contributed by atoms with Gasteiger partial charge in [-0.05, 0) is 13.1 Å². The van der Waals surface area contributed by atoms with Crippen LogP contribution in [-0.4, -0.2) is 63.5 Å². The fourth-order valence-corrected chi connectivity index (χ4v) is 2.54. The zero-order valence-corrected chi connectivity index (χ0v) is 11.5. The van der Waals surface area contributed by atoms with Crippen LogP contribution in [0.4, 0.5) is 0 Å². The van der Waals surface area contributed by atoms with Gasteiger partial charge in [0.15, 0.2) is 5.69 Å². The van der Waals surface area contributed by atoms with Crippen molar-refractivity contribution in [2.24, 2.45) is 0 Å². The number of pyridine rings is 1. The van der Waals surface area contributed by atoms with E-state index in [1.165, 1.54) is 0 Å². The molecule has 2 aromatic heterocycles. The molecule has 0 radical (unpaired) electrons. The number of carboxylic acid groups (broad SMARTS) is 1. The highest BCUT2D eigenvalue weighted by molar-refractivity contribution is 5.86. The largest absolute Gasteiger partial charge is 0.476 e. The second-order valence-electron chi connectivity index (χ2n) is 5.28. The van der Waals surface area contributed by atoms with Crippen molar-refractivity contribution in [3.8, 4) is 0 Å². The predicted octanol–water partition coefficient (Wildman–Crippen LogP) is 0.780. The highest BCUT2D eigenvalue weighted by Gasteiger charge is 2.16. The molecule has 106 valence electrons. The van der Waals surface area contributed by atoms with E-state index in [0.29, 0.717) is 0 Å². The molecule has 1 aliphatic rings. The summed E-state index contributed by atoms with van der Waals surface area (Å²) >= 11 is 0. The van der Waals surface area contributed by atoms with Crippen molar-refractivity contribution in [1.82, 2.24) is 19.2 Å². The van der Waals surface area contributed by atoms with Gasteiger partial charge in [-0.25, -0.2) is 9.78 Å². The summed E-state index contributed by atoms with van der Waals surface area (Å²) < 4.78 is 1.79. The Balaban J connectivity index is 1.85. The lowest BCUT2D eigenvalue weighted by atomic mass is 10.2. The van der Waals surface area contributed by atoms with Gasteiger partial charge in [0.2, 0.25) is 0 Å². The highest BCUT2D eigenvalue weighted by atomic mass is 16.4.